The fourth-order valence-corrected chi connectivity index (χ4v) is 4.37. The molecule has 0 radical (unpaired) electrons. The molecule has 4 N–H and O–H groups in total. The Labute approximate surface area is 171 Å². The summed E-state index contributed by atoms with van der Waals surface area (Å²) < 4.78 is 7.60. The van der Waals surface area contributed by atoms with Crippen LogP contribution in [0.4, 0.5) is 0 Å². The molecule has 0 spiro atoms. The Bertz CT molecular complexity index is 990. The van der Waals surface area contributed by atoms with Gasteiger partial charge in [-0.05, 0) is 38.3 Å². The molecule has 1 aromatic carbocycles. The molecule has 0 unspecified atom stereocenters. The van der Waals surface area contributed by atoms with Crippen molar-refractivity contribution in [2.75, 3.05) is 20.2 Å². The fourth-order valence-electron chi connectivity index (χ4n) is 4.37. The van der Waals surface area contributed by atoms with Gasteiger partial charge in [-0.15, -0.1) is 0 Å². The second-order valence-corrected chi connectivity index (χ2v) is 7.64. The van der Waals surface area contributed by atoms with Crippen LogP contribution in [0.5, 0.6) is 0 Å². The molecule has 0 bridgehead atoms. The second kappa shape index (κ2) is 8.80. The van der Waals surface area contributed by atoms with Crippen LogP contribution in [0.15, 0.2) is 42.9 Å². The van der Waals surface area contributed by atoms with Gasteiger partial charge >= 0.3 is 0 Å². The number of methoxy groups -OCH3 is 1. The topological polar surface area (TPSA) is 90.0 Å². The molecule has 0 atom stereocenters. The lowest BCUT2D eigenvalue weighted by Gasteiger charge is -2.31. The van der Waals surface area contributed by atoms with Crippen molar-refractivity contribution in [1.82, 2.24) is 25.2 Å². The van der Waals surface area contributed by atoms with Gasteiger partial charge < -0.3 is 25.7 Å². The normalized spacial score (nSPS) is 19.5. The molecule has 29 heavy (non-hydrogen) atoms. The van der Waals surface area contributed by atoms with E-state index in [1.165, 1.54) is 5.52 Å². The molecule has 0 amide bonds. The summed E-state index contributed by atoms with van der Waals surface area (Å²) in [7, 11) is 1.62. The highest BCUT2D eigenvalue weighted by Crippen LogP contribution is 2.35. The smallest absolute Gasteiger partial charge is 0.179 e. The third kappa shape index (κ3) is 4.06. The van der Waals surface area contributed by atoms with Crippen LogP contribution in [0.1, 0.15) is 37.5 Å². The second-order valence-electron chi connectivity index (χ2n) is 7.64. The number of benzene rings is 1. The highest BCUT2D eigenvalue weighted by Gasteiger charge is 2.26. The van der Waals surface area contributed by atoms with E-state index < -0.39 is 0 Å². The van der Waals surface area contributed by atoms with Crippen LogP contribution in [0, 0.1) is 0 Å². The monoisotopic (exact) mass is 394 g/mol. The van der Waals surface area contributed by atoms with Crippen molar-refractivity contribution >= 4 is 21.9 Å². The Morgan fingerprint density at radius 2 is 2.03 bits per heavy atom. The zero-order valence-electron chi connectivity index (χ0n) is 17.0. The molecule has 1 saturated carbocycles. The molecule has 7 heteroatoms. The van der Waals surface area contributed by atoms with Crippen LogP contribution in [-0.4, -0.2) is 40.8 Å². The summed E-state index contributed by atoms with van der Waals surface area (Å²) in [6, 6.07) is 9.26. The Balaban J connectivity index is 1.71. The van der Waals surface area contributed by atoms with E-state index in [1.54, 1.807) is 7.11 Å². The predicted molar refractivity (Wildman–Crippen MR) is 116 cm³/mol. The third-order valence-electron chi connectivity index (χ3n) is 5.83. The van der Waals surface area contributed by atoms with Gasteiger partial charge in [0, 0.05) is 30.6 Å². The van der Waals surface area contributed by atoms with Crippen LogP contribution >= 0.6 is 0 Å². The summed E-state index contributed by atoms with van der Waals surface area (Å²) in [6.45, 7) is 6.01. The lowest BCUT2D eigenvalue weighted by molar-refractivity contribution is 0.258. The van der Waals surface area contributed by atoms with Gasteiger partial charge in [-0.25, -0.2) is 4.98 Å². The summed E-state index contributed by atoms with van der Waals surface area (Å²) in [4.78, 5) is 9.53. The van der Waals surface area contributed by atoms with E-state index >= 15 is 0 Å². The number of hydrogen-bond donors (Lipinski definition) is 3. The number of pyridine rings is 1. The molecule has 1 aliphatic rings. The summed E-state index contributed by atoms with van der Waals surface area (Å²) in [6.07, 6.45) is 6.40. The minimum atomic E-state index is 0.411. The molecule has 3 aromatic rings. The fraction of sp³-hybridized carbons (Fsp3) is 0.455. The van der Waals surface area contributed by atoms with Crippen LogP contribution < -0.4 is 16.4 Å². The largest absolute Gasteiger partial charge is 0.483 e. The first-order valence-electron chi connectivity index (χ1n) is 10.4. The lowest BCUT2D eigenvalue weighted by atomic mass is 9.90. The van der Waals surface area contributed by atoms with Crippen molar-refractivity contribution in [1.29, 1.82) is 0 Å². The number of aromatic nitrogens is 3. The van der Waals surface area contributed by atoms with Crippen molar-refractivity contribution in [3.63, 3.8) is 0 Å². The van der Waals surface area contributed by atoms with E-state index in [0.29, 0.717) is 31.1 Å². The maximum Gasteiger partial charge on any atom is 0.179 e. The van der Waals surface area contributed by atoms with E-state index in [2.05, 4.69) is 45.0 Å². The lowest BCUT2D eigenvalue weighted by Crippen LogP contribution is -2.37. The average Bonchev–Trinajstić information content (AvgIpc) is 3.15. The minimum absolute atomic E-state index is 0.411. The highest BCUT2D eigenvalue weighted by molar-refractivity contribution is 6.02. The van der Waals surface area contributed by atoms with Crippen molar-refractivity contribution in [2.24, 2.45) is 5.73 Å². The molecular formula is C22H30N6O. The maximum absolute atomic E-state index is 5.65. The zero-order valence-corrected chi connectivity index (χ0v) is 17.0. The molecule has 0 aliphatic heterocycles. The molecule has 1 aliphatic carbocycles. The predicted octanol–water partition coefficient (Wildman–Crippen LogP) is 2.82. The SMILES string of the molecule is C=C(NCc1nc2cnc3ccccc3c2n1[C@H]1CC[C@H](NCCN)CC1)OC. The molecule has 0 saturated heterocycles. The van der Waals surface area contributed by atoms with Gasteiger partial charge in [0.15, 0.2) is 5.88 Å². The number of nitrogens with one attached hydrogen (secondary N) is 2. The van der Waals surface area contributed by atoms with Crippen molar-refractivity contribution in [3.05, 3.63) is 48.7 Å². The van der Waals surface area contributed by atoms with Gasteiger partial charge in [0.05, 0.1) is 30.9 Å². The number of imidazole rings is 1. The molecule has 2 aromatic heterocycles. The quantitative estimate of drug-likeness (QED) is 0.509. The molecular weight excluding hydrogens is 364 g/mol. The van der Waals surface area contributed by atoms with Crippen molar-refractivity contribution < 1.29 is 4.74 Å². The van der Waals surface area contributed by atoms with Gasteiger partial charge in [-0.1, -0.05) is 18.2 Å². The number of hydrogen-bond acceptors (Lipinski definition) is 6. The zero-order chi connectivity index (χ0) is 20.2. The number of fused-ring (bicyclic) bond motifs is 3. The van der Waals surface area contributed by atoms with Crippen LogP contribution in [-0.2, 0) is 11.3 Å². The third-order valence-corrected chi connectivity index (χ3v) is 5.83. The highest BCUT2D eigenvalue weighted by atomic mass is 16.5. The maximum atomic E-state index is 5.65. The number of ether oxygens (including phenoxy) is 1. The van der Waals surface area contributed by atoms with Gasteiger partial charge in [0.2, 0.25) is 0 Å². The van der Waals surface area contributed by atoms with Crippen LogP contribution in [0.2, 0.25) is 0 Å². The van der Waals surface area contributed by atoms with E-state index in [0.717, 1.165) is 54.5 Å². The van der Waals surface area contributed by atoms with E-state index in [4.69, 9.17) is 15.5 Å². The first-order valence-corrected chi connectivity index (χ1v) is 10.4. The standard InChI is InChI=1S/C22H30N6O/c1-15(29-2)25-14-21-27-20-13-26-19-6-4-3-5-18(19)22(20)28(21)17-9-7-16(8-10-17)24-12-11-23/h3-6,13,16-17,24-25H,1,7-12,14,23H2,2H3/t16-,17-. The molecule has 154 valence electrons. The van der Waals surface area contributed by atoms with E-state index in [9.17, 15) is 0 Å². The van der Waals surface area contributed by atoms with Crippen LogP contribution in [0.3, 0.4) is 0 Å². The Kier molecular flexibility index (Phi) is 5.97. The number of nitrogens with two attached hydrogens (primary N) is 1. The van der Waals surface area contributed by atoms with Crippen molar-refractivity contribution in [3.8, 4) is 0 Å². The molecule has 7 nitrogen and oxygen atoms in total. The first-order chi connectivity index (χ1) is 14.2. The van der Waals surface area contributed by atoms with Crippen molar-refractivity contribution in [2.45, 2.75) is 44.3 Å². The number of para-hydroxylation sites is 1. The van der Waals surface area contributed by atoms with Gasteiger partial charge in [0.1, 0.15) is 11.3 Å². The van der Waals surface area contributed by atoms with Gasteiger partial charge in [-0.2, -0.15) is 0 Å². The summed E-state index contributed by atoms with van der Waals surface area (Å²) in [5.41, 5.74) is 8.76. The molecule has 2 heterocycles. The molecule has 1 fully saturated rings. The van der Waals surface area contributed by atoms with Gasteiger partial charge in [-0.3, -0.25) is 4.98 Å². The number of nitrogens with zero attached hydrogens (tertiary/aromatic N) is 3. The van der Waals surface area contributed by atoms with E-state index in [-0.39, 0.29) is 0 Å². The number of rotatable bonds is 8. The average molecular weight is 395 g/mol. The van der Waals surface area contributed by atoms with E-state index in [1.807, 2.05) is 12.3 Å². The minimum Gasteiger partial charge on any atom is -0.483 e. The summed E-state index contributed by atoms with van der Waals surface area (Å²) >= 11 is 0. The van der Waals surface area contributed by atoms with Gasteiger partial charge in [0.25, 0.3) is 0 Å². The Morgan fingerprint density at radius 3 is 2.79 bits per heavy atom. The Hall–Kier alpha value is -2.64. The summed E-state index contributed by atoms with van der Waals surface area (Å²) in [5, 5.41) is 7.94. The molecule has 4 rings (SSSR count). The van der Waals surface area contributed by atoms with Crippen LogP contribution in [0.25, 0.3) is 21.9 Å². The summed E-state index contributed by atoms with van der Waals surface area (Å²) in [5.74, 6) is 1.54. The first kappa shape index (κ1) is 19.7. The Morgan fingerprint density at radius 1 is 1.24 bits per heavy atom.